The van der Waals surface area contributed by atoms with Crippen molar-refractivity contribution in [3.63, 3.8) is 0 Å². The molecule has 0 bridgehead atoms. The Labute approximate surface area is 129 Å². The summed E-state index contributed by atoms with van der Waals surface area (Å²) in [5.41, 5.74) is 1.74. The summed E-state index contributed by atoms with van der Waals surface area (Å²) in [6.45, 7) is 1.96. The summed E-state index contributed by atoms with van der Waals surface area (Å²) in [7, 11) is 3.21. The highest BCUT2D eigenvalue weighted by Crippen LogP contribution is 2.29. The van der Waals surface area contributed by atoms with Gasteiger partial charge in [-0.15, -0.1) is 0 Å². The van der Waals surface area contributed by atoms with Gasteiger partial charge in [-0.25, -0.2) is 4.98 Å². The lowest BCUT2D eigenvalue weighted by Crippen LogP contribution is -2.20. The number of aromatic nitrogens is 1. The molecule has 0 unspecified atom stereocenters. The standard InChI is InChI=1S/C15H17N3O2S/c1-10-5-4-8-16-14(10)18-15(21)17-12-9-11(19-2)6-7-13(12)20-3/h4-9H,1-3H3,(H2,16,17,18,21). The molecule has 110 valence electrons. The number of hydrogen-bond acceptors (Lipinski definition) is 4. The number of hydrogen-bond donors (Lipinski definition) is 2. The van der Waals surface area contributed by atoms with Crippen molar-refractivity contribution in [2.24, 2.45) is 0 Å². The molecule has 6 heteroatoms. The van der Waals surface area contributed by atoms with Gasteiger partial charge in [0.25, 0.3) is 0 Å². The lowest BCUT2D eigenvalue weighted by Gasteiger charge is -2.14. The molecule has 0 aliphatic heterocycles. The number of pyridine rings is 1. The van der Waals surface area contributed by atoms with Crippen LogP contribution in [0.25, 0.3) is 0 Å². The second-order valence-electron chi connectivity index (χ2n) is 4.31. The highest BCUT2D eigenvalue weighted by molar-refractivity contribution is 7.80. The van der Waals surface area contributed by atoms with E-state index in [1.165, 1.54) is 0 Å². The second-order valence-corrected chi connectivity index (χ2v) is 4.72. The number of nitrogens with zero attached hydrogens (tertiary/aromatic N) is 1. The largest absolute Gasteiger partial charge is 0.497 e. The summed E-state index contributed by atoms with van der Waals surface area (Å²) in [5, 5.41) is 6.58. The molecule has 0 aliphatic rings. The first kappa shape index (κ1) is 15.1. The van der Waals surface area contributed by atoms with E-state index in [-0.39, 0.29) is 0 Å². The molecule has 2 N–H and O–H groups in total. The molecule has 0 amide bonds. The van der Waals surface area contributed by atoms with Crippen LogP contribution >= 0.6 is 12.2 Å². The highest BCUT2D eigenvalue weighted by Gasteiger charge is 2.08. The zero-order valence-electron chi connectivity index (χ0n) is 12.1. The molecule has 0 fully saturated rings. The molecule has 5 nitrogen and oxygen atoms in total. The van der Waals surface area contributed by atoms with Gasteiger partial charge in [0.1, 0.15) is 17.3 Å². The van der Waals surface area contributed by atoms with Gasteiger partial charge in [0.15, 0.2) is 5.11 Å². The molecule has 1 aromatic heterocycles. The molecule has 2 rings (SSSR count). The van der Waals surface area contributed by atoms with Crippen LogP contribution in [0.1, 0.15) is 5.56 Å². The highest BCUT2D eigenvalue weighted by atomic mass is 32.1. The quantitative estimate of drug-likeness (QED) is 0.846. The Kier molecular flexibility index (Phi) is 4.94. The number of anilines is 2. The third-order valence-corrected chi connectivity index (χ3v) is 3.10. The van der Waals surface area contributed by atoms with Gasteiger partial charge in [0.2, 0.25) is 0 Å². The van der Waals surface area contributed by atoms with Gasteiger partial charge in [0.05, 0.1) is 19.9 Å². The Bertz CT molecular complexity index is 647. The van der Waals surface area contributed by atoms with E-state index in [0.29, 0.717) is 10.9 Å². The number of ether oxygens (including phenoxy) is 2. The average Bonchev–Trinajstić information content (AvgIpc) is 2.49. The number of aryl methyl sites for hydroxylation is 1. The molecule has 0 aliphatic carbocycles. The maximum atomic E-state index is 5.31. The number of nitrogens with one attached hydrogen (secondary N) is 2. The molecule has 21 heavy (non-hydrogen) atoms. The van der Waals surface area contributed by atoms with Gasteiger partial charge in [-0.1, -0.05) is 6.07 Å². The Morgan fingerprint density at radius 3 is 2.62 bits per heavy atom. The van der Waals surface area contributed by atoms with Crippen LogP contribution in [-0.2, 0) is 0 Å². The maximum Gasteiger partial charge on any atom is 0.176 e. The molecule has 0 radical (unpaired) electrons. The predicted molar refractivity (Wildman–Crippen MR) is 88.4 cm³/mol. The Morgan fingerprint density at radius 2 is 1.95 bits per heavy atom. The minimum atomic E-state index is 0.434. The second kappa shape index (κ2) is 6.90. The Balaban J connectivity index is 2.14. The Morgan fingerprint density at radius 1 is 1.14 bits per heavy atom. The average molecular weight is 303 g/mol. The van der Waals surface area contributed by atoms with Crippen molar-refractivity contribution in [2.75, 3.05) is 24.9 Å². The zero-order valence-corrected chi connectivity index (χ0v) is 13.0. The molecule has 0 saturated carbocycles. The van der Waals surface area contributed by atoms with Crippen molar-refractivity contribution in [3.8, 4) is 11.5 Å². The molecular weight excluding hydrogens is 286 g/mol. The fourth-order valence-corrected chi connectivity index (χ4v) is 2.00. The van der Waals surface area contributed by atoms with Gasteiger partial charge in [0, 0.05) is 12.3 Å². The van der Waals surface area contributed by atoms with Gasteiger partial charge in [-0.2, -0.15) is 0 Å². The third-order valence-electron chi connectivity index (χ3n) is 2.90. The zero-order chi connectivity index (χ0) is 15.2. The van der Waals surface area contributed by atoms with Gasteiger partial charge in [-0.3, -0.25) is 0 Å². The van der Waals surface area contributed by atoms with Gasteiger partial charge in [-0.05, 0) is 42.9 Å². The van der Waals surface area contributed by atoms with Crippen LogP contribution in [-0.4, -0.2) is 24.3 Å². The topological polar surface area (TPSA) is 55.4 Å². The smallest absolute Gasteiger partial charge is 0.176 e. The first-order valence-corrected chi connectivity index (χ1v) is 6.76. The van der Waals surface area contributed by atoms with Gasteiger partial charge < -0.3 is 20.1 Å². The van der Waals surface area contributed by atoms with E-state index >= 15 is 0 Å². The normalized spacial score (nSPS) is 9.86. The lowest BCUT2D eigenvalue weighted by atomic mass is 10.2. The summed E-state index contributed by atoms with van der Waals surface area (Å²) in [6, 6.07) is 9.30. The van der Waals surface area contributed by atoms with Crippen LogP contribution in [0, 0.1) is 6.92 Å². The minimum Gasteiger partial charge on any atom is -0.497 e. The first-order chi connectivity index (χ1) is 10.1. The van der Waals surface area contributed by atoms with Crippen LogP contribution in [0.15, 0.2) is 36.5 Å². The Hall–Kier alpha value is -2.34. The van der Waals surface area contributed by atoms with E-state index in [4.69, 9.17) is 21.7 Å². The number of thiocarbonyl (C=S) groups is 1. The molecule has 1 aromatic carbocycles. The van der Waals surface area contributed by atoms with Gasteiger partial charge >= 0.3 is 0 Å². The fourth-order valence-electron chi connectivity index (χ4n) is 1.79. The number of benzene rings is 1. The van der Waals surface area contributed by atoms with Crippen molar-refractivity contribution in [3.05, 3.63) is 42.1 Å². The monoisotopic (exact) mass is 303 g/mol. The fraction of sp³-hybridized carbons (Fsp3) is 0.200. The van der Waals surface area contributed by atoms with Crippen LogP contribution in [0.2, 0.25) is 0 Å². The van der Waals surface area contributed by atoms with Crippen molar-refractivity contribution < 1.29 is 9.47 Å². The third kappa shape index (κ3) is 3.82. The van der Waals surface area contributed by atoms with E-state index in [1.807, 2.05) is 37.3 Å². The molecule has 2 aromatic rings. The summed E-state index contributed by atoms with van der Waals surface area (Å²) < 4.78 is 10.5. The number of rotatable bonds is 4. The van der Waals surface area contributed by atoms with E-state index < -0.39 is 0 Å². The van der Waals surface area contributed by atoms with Crippen LogP contribution in [0.3, 0.4) is 0 Å². The first-order valence-electron chi connectivity index (χ1n) is 6.35. The summed E-state index contributed by atoms with van der Waals surface area (Å²) in [5.74, 6) is 2.12. The summed E-state index contributed by atoms with van der Waals surface area (Å²) in [4.78, 5) is 4.24. The molecular formula is C15H17N3O2S. The van der Waals surface area contributed by atoms with E-state index in [0.717, 1.165) is 22.8 Å². The maximum absolute atomic E-state index is 5.31. The molecule has 0 saturated heterocycles. The van der Waals surface area contributed by atoms with Crippen LogP contribution < -0.4 is 20.1 Å². The SMILES string of the molecule is COc1ccc(OC)c(NC(=S)Nc2ncccc2C)c1. The minimum absolute atomic E-state index is 0.434. The van der Waals surface area contributed by atoms with Crippen LogP contribution in [0.5, 0.6) is 11.5 Å². The van der Waals surface area contributed by atoms with Crippen molar-refractivity contribution in [2.45, 2.75) is 6.92 Å². The summed E-state index contributed by atoms with van der Waals surface area (Å²) in [6.07, 6.45) is 1.71. The van der Waals surface area contributed by atoms with E-state index in [1.54, 1.807) is 20.4 Å². The number of methoxy groups -OCH3 is 2. The van der Waals surface area contributed by atoms with E-state index in [2.05, 4.69) is 15.6 Å². The summed E-state index contributed by atoms with van der Waals surface area (Å²) >= 11 is 5.31. The molecule has 0 spiro atoms. The predicted octanol–water partition coefficient (Wildman–Crippen LogP) is 3.22. The van der Waals surface area contributed by atoms with Crippen LogP contribution in [0.4, 0.5) is 11.5 Å². The van der Waals surface area contributed by atoms with Crippen molar-refractivity contribution in [1.82, 2.24) is 4.98 Å². The lowest BCUT2D eigenvalue weighted by molar-refractivity contribution is 0.405. The van der Waals surface area contributed by atoms with E-state index in [9.17, 15) is 0 Å². The van der Waals surface area contributed by atoms with Crippen molar-refractivity contribution in [1.29, 1.82) is 0 Å². The molecule has 1 heterocycles. The molecule has 0 atom stereocenters. The van der Waals surface area contributed by atoms with Crippen molar-refractivity contribution >= 4 is 28.8 Å².